The molecule has 0 aliphatic carbocycles. The normalized spacial score (nSPS) is 14.8. The molecule has 0 aromatic heterocycles. The fraction of sp³-hybridized carbons (Fsp3) is 0.429. The first-order chi connectivity index (χ1) is 10.1. The molecule has 1 aromatic rings. The van der Waals surface area contributed by atoms with Gasteiger partial charge in [0.2, 0.25) is 0 Å². The van der Waals surface area contributed by atoms with Crippen LogP contribution in [0.25, 0.3) is 0 Å². The number of anilines is 1. The molecule has 0 bridgehead atoms. The lowest BCUT2D eigenvalue weighted by Gasteiger charge is -2.35. The van der Waals surface area contributed by atoms with Crippen LogP contribution < -0.4 is 5.32 Å². The summed E-state index contributed by atoms with van der Waals surface area (Å²) < 4.78 is 4.99. The summed E-state index contributed by atoms with van der Waals surface area (Å²) in [7, 11) is 0. The Balaban J connectivity index is 1.83. The zero-order chi connectivity index (χ0) is 15.2. The maximum Gasteiger partial charge on any atom is 0.409 e. The minimum atomic E-state index is -0.256. The molecule has 1 aliphatic rings. The molecule has 0 radical (unpaired) electrons. The number of carbonyl (C=O) groups excluding carboxylic acids is 1. The van der Waals surface area contributed by atoms with Gasteiger partial charge in [-0.15, -0.1) is 0 Å². The van der Waals surface area contributed by atoms with Crippen molar-refractivity contribution in [3.8, 4) is 0 Å². The molecule has 21 heavy (non-hydrogen) atoms. The molecule has 1 aromatic carbocycles. The van der Waals surface area contributed by atoms with Gasteiger partial charge in [-0.05, 0) is 43.4 Å². The largest absolute Gasteiger partial charge is 0.450 e. The van der Waals surface area contributed by atoms with E-state index in [1.54, 1.807) is 11.8 Å². The van der Waals surface area contributed by atoms with Crippen LogP contribution in [0.15, 0.2) is 24.3 Å². The van der Waals surface area contributed by atoms with E-state index in [1.807, 2.05) is 29.2 Å². The lowest BCUT2D eigenvalue weighted by molar-refractivity contribution is 0.0923. The van der Waals surface area contributed by atoms with Crippen LogP contribution in [0.1, 0.15) is 6.92 Å². The van der Waals surface area contributed by atoms with Gasteiger partial charge in [-0.1, -0.05) is 11.6 Å². The molecule has 1 aliphatic heterocycles. The molecule has 5 nitrogen and oxygen atoms in total. The molecular formula is C14H18ClN3O2S. The lowest BCUT2D eigenvalue weighted by Crippen LogP contribution is -2.51. The van der Waals surface area contributed by atoms with E-state index in [0.29, 0.717) is 42.9 Å². The number of ether oxygens (including phenoxy) is 1. The van der Waals surface area contributed by atoms with Crippen molar-refractivity contribution in [2.45, 2.75) is 6.92 Å². The van der Waals surface area contributed by atoms with Gasteiger partial charge in [0.05, 0.1) is 6.61 Å². The predicted molar refractivity (Wildman–Crippen MR) is 87.8 cm³/mol. The number of benzene rings is 1. The lowest BCUT2D eigenvalue weighted by atomic mass is 10.3. The van der Waals surface area contributed by atoms with Crippen molar-refractivity contribution in [3.05, 3.63) is 29.3 Å². The summed E-state index contributed by atoms with van der Waals surface area (Å²) in [5.41, 5.74) is 0.900. The molecule has 1 amide bonds. The second-order valence-electron chi connectivity index (χ2n) is 4.61. The smallest absolute Gasteiger partial charge is 0.409 e. The fourth-order valence-electron chi connectivity index (χ4n) is 2.04. The Labute approximate surface area is 134 Å². The van der Waals surface area contributed by atoms with Gasteiger partial charge in [0.25, 0.3) is 0 Å². The highest BCUT2D eigenvalue weighted by atomic mass is 35.5. The van der Waals surface area contributed by atoms with Gasteiger partial charge in [-0.25, -0.2) is 4.79 Å². The van der Waals surface area contributed by atoms with Crippen LogP contribution in [0.4, 0.5) is 10.5 Å². The molecule has 7 heteroatoms. The van der Waals surface area contributed by atoms with Crippen molar-refractivity contribution in [3.63, 3.8) is 0 Å². The average Bonchev–Trinajstić information content (AvgIpc) is 2.50. The number of piperazine rings is 1. The van der Waals surface area contributed by atoms with E-state index < -0.39 is 0 Å². The molecule has 0 saturated carbocycles. The fourth-order valence-corrected chi connectivity index (χ4v) is 2.47. The summed E-state index contributed by atoms with van der Waals surface area (Å²) in [6.07, 6.45) is -0.256. The van der Waals surface area contributed by atoms with Crippen molar-refractivity contribution in [1.29, 1.82) is 0 Å². The van der Waals surface area contributed by atoms with Crippen LogP contribution in [0.5, 0.6) is 0 Å². The number of amides is 1. The predicted octanol–water partition coefficient (Wildman–Crippen LogP) is 2.81. The van der Waals surface area contributed by atoms with Crippen LogP contribution in [0.3, 0.4) is 0 Å². The Morgan fingerprint density at radius 2 is 1.81 bits per heavy atom. The quantitative estimate of drug-likeness (QED) is 0.846. The summed E-state index contributed by atoms with van der Waals surface area (Å²) in [5.74, 6) is 0. The van der Waals surface area contributed by atoms with E-state index in [2.05, 4.69) is 5.32 Å². The number of thiocarbonyl (C=S) groups is 1. The number of rotatable bonds is 2. The minimum Gasteiger partial charge on any atom is -0.450 e. The first-order valence-corrected chi connectivity index (χ1v) is 7.62. The molecule has 1 saturated heterocycles. The first-order valence-electron chi connectivity index (χ1n) is 6.83. The van der Waals surface area contributed by atoms with Crippen molar-refractivity contribution >= 4 is 40.7 Å². The Morgan fingerprint density at radius 3 is 2.38 bits per heavy atom. The molecule has 1 fully saturated rings. The van der Waals surface area contributed by atoms with E-state index in [0.717, 1.165) is 5.69 Å². The van der Waals surface area contributed by atoms with Crippen molar-refractivity contribution in [2.24, 2.45) is 0 Å². The average molecular weight is 328 g/mol. The zero-order valence-corrected chi connectivity index (χ0v) is 13.4. The number of hydrogen-bond donors (Lipinski definition) is 1. The van der Waals surface area contributed by atoms with Crippen LogP contribution >= 0.6 is 23.8 Å². The Morgan fingerprint density at radius 1 is 1.24 bits per heavy atom. The van der Waals surface area contributed by atoms with Gasteiger partial charge < -0.3 is 19.9 Å². The molecule has 0 atom stereocenters. The third-order valence-corrected chi connectivity index (χ3v) is 3.80. The van der Waals surface area contributed by atoms with Crippen LogP contribution in [0.2, 0.25) is 5.02 Å². The Kier molecular flexibility index (Phi) is 5.64. The summed E-state index contributed by atoms with van der Waals surface area (Å²) in [5, 5.41) is 4.52. The molecule has 2 rings (SSSR count). The van der Waals surface area contributed by atoms with Gasteiger partial charge in [0.15, 0.2) is 5.11 Å². The van der Waals surface area contributed by atoms with Crippen molar-refractivity contribution in [1.82, 2.24) is 9.80 Å². The van der Waals surface area contributed by atoms with Crippen LogP contribution in [0, 0.1) is 0 Å². The standard InChI is InChI=1S/C14H18ClN3O2S/c1-2-20-14(19)18-9-7-17(8-10-18)13(21)16-12-5-3-11(15)4-6-12/h3-6H,2,7-10H2,1H3,(H,16,21). The number of carbonyl (C=O) groups is 1. The maximum atomic E-state index is 11.6. The van der Waals surface area contributed by atoms with Crippen LogP contribution in [-0.4, -0.2) is 53.8 Å². The number of hydrogen-bond acceptors (Lipinski definition) is 3. The van der Waals surface area contributed by atoms with Crippen molar-refractivity contribution in [2.75, 3.05) is 38.1 Å². The Hall–Kier alpha value is -1.53. The summed E-state index contributed by atoms with van der Waals surface area (Å²) in [6.45, 7) is 4.81. The maximum absolute atomic E-state index is 11.6. The van der Waals surface area contributed by atoms with Crippen molar-refractivity contribution < 1.29 is 9.53 Å². The summed E-state index contributed by atoms with van der Waals surface area (Å²) in [4.78, 5) is 15.4. The zero-order valence-electron chi connectivity index (χ0n) is 11.8. The van der Waals surface area contributed by atoms with Gasteiger partial charge >= 0.3 is 6.09 Å². The highest BCUT2D eigenvalue weighted by Gasteiger charge is 2.23. The van der Waals surface area contributed by atoms with Gasteiger partial charge in [0, 0.05) is 36.9 Å². The second kappa shape index (κ2) is 7.47. The number of nitrogens with one attached hydrogen (secondary N) is 1. The molecule has 114 valence electrons. The highest BCUT2D eigenvalue weighted by molar-refractivity contribution is 7.80. The number of nitrogens with zero attached hydrogens (tertiary/aromatic N) is 2. The van der Waals surface area contributed by atoms with Gasteiger partial charge in [-0.2, -0.15) is 0 Å². The van der Waals surface area contributed by atoms with E-state index in [1.165, 1.54) is 0 Å². The molecular weight excluding hydrogens is 310 g/mol. The third-order valence-electron chi connectivity index (χ3n) is 3.19. The van der Waals surface area contributed by atoms with E-state index in [-0.39, 0.29) is 6.09 Å². The monoisotopic (exact) mass is 327 g/mol. The van der Waals surface area contributed by atoms with E-state index >= 15 is 0 Å². The van der Waals surface area contributed by atoms with Gasteiger partial charge in [-0.3, -0.25) is 0 Å². The second-order valence-corrected chi connectivity index (χ2v) is 5.43. The molecule has 0 unspecified atom stereocenters. The number of halogens is 1. The van der Waals surface area contributed by atoms with E-state index in [4.69, 9.17) is 28.6 Å². The highest BCUT2D eigenvalue weighted by Crippen LogP contribution is 2.14. The topological polar surface area (TPSA) is 44.8 Å². The molecule has 1 N–H and O–H groups in total. The molecule has 0 spiro atoms. The summed E-state index contributed by atoms with van der Waals surface area (Å²) in [6, 6.07) is 7.38. The Bertz CT molecular complexity index is 501. The van der Waals surface area contributed by atoms with Crippen LogP contribution in [-0.2, 0) is 4.74 Å². The molecule has 1 heterocycles. The van der Waals surface area contributed by atoms with Gasteiger partial charge in [0.1, 0.15) is 0 Å². The van der Waals surface area contributed by atoms with E-state index in [9.17, 15) is 4.79 Å². The SMILES string of the molecule is CCOC(=O)N1CCN(C(=S)Nc2ccc(Cl)cc2)CC1. The summed E-state index contributed by atoms with van der Waals surface area (Å²) >= 11 is 11.2. The first kappa shape index (κ1) is 15.9. The third kappa shape index (κ3) is 4.47. The minimum absolute atomic E-state index is 0.256.